The molecule has 0 aliphatic carbocycles. The maximum atomic E-state index is 12.1. The zero-order valence-electron chi connectivity index (χ0n) is 12.9. The minimum atomic E-state index is -0.216. The number of pyridine rings is 1. The summed E-state index contributed by atoms with van der Waals surface area (Å²) in [4.78, 5) is 26.4. The molecule has 1 aromatic heterocycles. The molecule has 2 amide bonds. The summed E-state index contributed by atoms with van der Waals surface area (Å²) in [5.74, 6) is -0.209. The highest BCUT2D eigenvalue weighted by Gasteiger charge is 2.07. The topological polar surface area (TPSA) is 74.0 Å². The number of amides is 2. The van der Waals surface area contributed by atoms with E-state index in [4.69, 9.17) is 12.2 Å². The Labute approximate surface area is 140 Å². The van der Waals surface area contributed by atoms with Crippen molar-refractivity contribution in [2.24, 2.45) is 0 Å². The fraction of sp³-hybridized carbons (Fsp3) is 0.235. The summed E-state index contributed by atoms with van der Waals surface area (Å²) in [6, 6.07) is 10.8. The number of aromatic amines is 1. The summed E-state index contributed by atoms with van der Waals surface area (Å²) in [7, 11) is 0. The van der Waals surface area contributed by atoms with Gasteiger partial charge in [-0.2, -0.15) is 0 Å². The van der Waals surface area contributed by atoms with Crippen LogP contribution in [0.25, 0.3) is 0 Å². The SMILES string of the molecule is CCCC(=O)Nc1ccc(CNC(=O)c2ccc[nH]c2=S)cc1. The van der Waals surface area contributed by atoms with Crippen LogP contribution in [-0.2, 0) is 11.3 Å². The Hall–Kier alpha value is -2.47. The van der Waals surface area contributed by atoms with E-state index in [9.17, 15) is 9.59 Å². The van der Waals surface area contributed by atoms with Gasteiger partial charge in [0.25, 0.3) is 5.91 Å². The monoisotopic (exact) mass is 329 g/mol. The quantitative estimate of drug-likeness (QED) is 0.711. The number of hydrogen-bond donors (Lipinski definition) is 3. The molecule has 0 atom stereocenters. The van der Waals surface area contributed by atoms with E-state index in [1.807, 2.05) is 31.2 Å². The van der Waals surface area contributed by atoms with Gasteiger partial charge in [0, 0.05) is 24.8 Å². The van der Waals surface area contributed by atoms with Crippen molar-refractivity contribution in [3.63, 3.8) is 0 Å². The van der Waals surface area contributed by atoms with E-state index in [1.165, 1.54) is 0 Å². The highest BCUT2D eigenvalue weighted by atomic mass is 32.1. The Balaban J connectivity index is 1.91. The van der Waals surface area contributed by atoms with Gasteiger partial charge in [0.05, 0.1) is 5.56 Å². The molecule has 2 aromatic rings. The Morgan fingerprint density at radius 2 is 1.91 bits per heavy atom. The number of carbonyl (C=O) groups excluding carboxylic acids is 2. The fourth-order valence-corrected chi connectivity index (χ4v) is 2.26. The molecule has 120 valence electrons. The Morgan fingerprint density at radius 3 is 2.57 bits per heavy atom. The molecule has 0 unspecified atom stereocenters. The number of anilines is 1. The number of benzene rings is 1. The van der Waals surface area contributed by atoms with Gasteiger partial charge in [-0.15, -0.1) is 0 Å². The second-order valence-corrected chi connectivity index (χ2v) is 5.50. The number of H-pyrrole nitrogens is 1. The van der Waals surface area contributed by atoms with Crippen molar-refractivity contribution in [3.05, 3.63) is 58.4 Å². The average molecular weight is 329 g/mol. The van der Waals surface area contributed by atoms with Crippen LogP contribution in [-0.4, -0.2) is 16.8 Å². The van der Waals surface area contributed by atoms with Crippen LogP contribution >= 0.6 is 12.2 Å². The zero-order chi connectivity index (χ0) is 16.7. The number of nitrogens with one attached hydrogen (secondary N) is 3. The van der Waals surface area contributed by atoms with Gasteiger partial charge in [-0.3, -0.25) is 9.59 Å². The van der Waals surface area contributed by atoms with Crippen molar-refractivity contribution >= 4 is 29.7 Å². The molecular formula is C17H19N3O2S. The summed E-state index contributed by atoms with van der Waals surface area (Å²) in [6.45, 7) is 2.36. The minimum Gasteiger partial charge on any atom is -0.352 e. The van der Waals surface area contributed by atoms with Crippen LogP contribution in [0.3, 0.4) is 0 Å². The first kappa shape index (κ1) is 16.9. The first-order chi connectivity index (χ1) is 11.1. The van der Waals surface area contributed by atoms with E-state index in [2.05, 4.69) is 15.6 Å². The summed E-state index contributed by atoms with van der Waals surface area (Å²) >= 11 is 5.08. The number of hydrogen-bond acceptors (Lipinski definition) is 3. The first-order valence-corrected chi connectivity index (χ1v) is 7.85. The number of carbonyl (C=O) groups is 2. The lowest BCUT2D eigenvalue weighted by molar-refractivity contribution is -0.116. The molecule has 5 nitrogen and oxygen atoms in total. The van der Waals surface area contributed by atoms with E-state index in [-0.39, 0.29) is 11.8 Å². The molecule has 1 aromatic carbocycles. The van der Waals surface area contributed by atoms with Gasteiger partial charge in [0.15, 0.2) is 0 Å². The lowest BCUT2D eigenvalue weighted by atomic mass is 10.2. The summed E-state index contributed by atoms with van der Waals surface area (Å²) in [6.07, 6.45) is 3.01. The van der Waals surface area contributed by atoms with Gasteiger partial charge in [-0.25, -0.2) is 0 Å². The van der Waals surface area contributed by atoms with Gasteiger partial charge < -0.3 is 15.6 Å². The van der Waals surface area contributed by atoms with Gasteiger partial charge in [-0.05, 0) is 36.2 Å². The van der Waals surface area contributed by atoms with Crippen LogP contribution in [0.15, 0.2) is 42.6 Å². The van der Waals surface area contributed by atoms with Gasteiger partial charge in [0.2, 0.25) is 5.91 Å². The molecule has 0 radical (unpaired) electrons. The Kier molecular flexibility index (Phi) is 6.05. The molecule has 0 aliphatic heterocycles. The Morgan fingerprint density at radius 1 is 1.17 bits per heavy atom. The zero-order valence-corrected chi connectivity index (χ0v) is 13.7. The fourth-order valence-electron chi connectivity index (χ4n) is 2.03. The molecular weight excluding hydrogens is 310 g/mol. The first-order valence-electron chi connectivity index (χ1n) is 7.45. The van der Waals surface area contributed by atoms with Crippen molar-refractivity contribution in [2.45, 2.75) is 26.3 Å². The molecule has 0 saturated heterocycles. The minimum absolute atomic E-state index is 0.00635. The summed E-state index contributed by atoms with van der Waals surface area (Å²) in [5.41, 5.74) is 2.15. The van der Waals surface area contributed by atoms with Crippen molar-refractivity contribution in [1.82, 2.24) is 10.3 Å². The lowest BCUT2D eigenvalue weighted by Crippen LogP contribution is -2.23. The molecule has 0 bridgehead atoms. The smallest absolute Gasteiger partial charge is 0.254 e. The largest absolute Gasteiger partial charge is 0.352 e. The Bertz CT molecular complexity index is 738. The second kappa shape index (κ2) is 8.24. The van der Waals surface area contributed by atoms with Crippen molar-refractivity contribution in [1.29, 1.82) is 0 Å². The van der Waals surface area contributed by atoms with Gasteiger partial charge >= 0.3 is 0 Å². The van der Waals surface area contributed by atoms with Crippen LogP contribution in [0.5, 0.6) is 0 Å². The van der Waals surface area contributed by atoms with Gasteiger partial charge in [0.1, 0.15) is 4.64 Å². The number of rotatable bonds is 6. The molecule has 0 spiro atoms. The second-order valence-electron chi connectivity index (χ2n) is 5.09. The third kappa shape index (κ3) is 5.03. The molecule has 1 heterocycles. The third-order valence-electron chi connectivity index (χ3n) is 3.23. The van der Waals surface area contributed by atoms with Crippen LogP contribution < -0.4 is 10.6 Å². The molecule has 6 heteroatoms. The third-order valence-corrected chi connectivity index (χ3v) is 3.57. The van der Waals surface area contributed by atoms with Crippen LogP contribution in [0.4, 0.5) is 5.69 Å². The van der Waals surface area contributed by atoms with Crippen molar-refractivity contribution in [2.75, 3.05) is 5.32 Å². The molecule has 2 rings (SSSR count). The normalized spacial score (nSPS) is 10.1. The van der Waals surface area contributed by atoms with E-state index in [0.717, 1.165) is 17.7 Å². The standard InChI is InChI=1S/C17H19N3O2S/c1-2-4-15(21)20-13-8-6-12(7-9-13)11-19-16(22)14-5-3-10-18-17(14)23/h3,5-10H,2,4,11H2,1H3,(H,18,23)(H,19,22)(H,20,21). The van der Waals surface area contributed by atoms with E-state index >= 15 is 0 Å². The van der Waals surface area contributed by atoms with Crippen LogP contribution in [0.1, 0.15) is 35.7 Å². The predicted octanol–water partition coefficient (Wildman–Crippen LogP) is 3.41. The summed E-state index contributed by atoms with van der Waals surface area (Å²) in [5, 5.41) is 5.65. The molecule has 23 heavy (non-hydrogen) atoms. The lowest BCUT2D eigenvalue weighted by Gasteiger charge is -2.08. The maximum absolute atomic E-state index is 12.1. The van der Waals surface area contributed by atoms with E-state index < -0.39 is 0 Å². The highest BCUT2D eigenvalue weighted by molar-refractivity contribution is 7.71. The summed E-state index contributed by atoms with van der Waals surface area (Å²) < 4.78 is 0.416. The number of aromatic nitrogens is 1. The molecule has 3 N–H and O–H groups in total. The van der Waals surface area contributed by atoms with Crippen LogP contribution in [0, 0.1) is 4.64 Å². The average Bonchev–Trinajstić information content (AvgIpc) is 2.54. The maximum Gasteiger partial charge on any atom is 0.254 e. The van der Waals surface area contributed by atoms with Crippen LogP contribution in [0.2, 0.25) is 0 Å². The van der Waals surface area contributed by atoms with E-state index in [1.54, 1.807) is 18.3 Å². The van der Waals surface area contributed by atoms with E-state index in [0.29, 0.717) is 23.2 Å². The predicted molar refractivity (Wildman–Crippen MR) is 92.8 cm³/mol. The molecule has 0 aliphatic rings. The van der Waals surface area contributed by atoms with Crippen molar-refractivity contribution < 1.29 is 9.59 Å². The molecule has 0 saturated carbocycles. The van der Waals surface area contributed by atoms with Gasteiger partial charge in [-0.1, -0.05) is 31.3 Å². The molecule has 0 fully saturated rings. The van der Waals surface area contributed by atoms with Crippen molar-refractivity contribution in [3.8, 4) is 0 Å². The highest BCUT2D eigenvalue weighted by Crippen LogP contribution is 2.10.